The van der Waals surface area contributed by atoms with Crippen LogP contribution in [0.4, 0.5) is 0 Å². The maximum Gasteiger partial charge on any atom is 0.305 e. The third-order valence-electron chi connectivity index (χ3n) is 2.04. The zero-order valence-corrected chi connectivity index (χ0v) is 10.8. The van der Waals surface area contributed by atoms with E-state index >= 15 is 0 Å². The minimum atomic E-state index is -0.964. The molecule has 0 saturated carbocycles. The molecule has 0 aliphatic rings. The van der Waals surface area contributed by atoms with Crippen LogP contribution in [0, 0.1) is 0 Å². The van der Waals surface area contributed by atoms with E-state index in [1.54, 1.807) is 18.2 Å². The smallest absolute Gasteiger partial charge is 0.305 e. The summed E-state index contributed by atoms with van der Waals surface area (Å²) < 4.78 is 0. The van der Waals surface area contributed by atoms with Gasteiger partial charge in [-0.25, -0.2) is 0 Å². The van der Waals surface area contributed by atoms with Gasteiger partial charge in [0.05, 0.1) is 6.42 Å². The topological polar surface area (TPSA) is 66.4 Å². The van der Waals surface area contributed by atoms with E-state index in [1.807, 2.05) is 0 Å². The van der Waals surface area contributed by atoms with Gasteiger partial charge >= 0.3 is 5.97 Å². The number of hydrogen-bond donors (Lipinski definition) is 2. The second kappa shape index (κ2) is 7.03. The molecule has 0 fully saturated rings. The molecular weight excluding hydrogens is 277 g/mol. The molecule has 1 aromatic carbocycles. The normalized spacial score (nSPS) is 10.6. The number of aliphatic carboxylic acids is 1. The first kappa shape index (κ1) is 14.5. The highest BCUT2D eigenvalue weighted by Gasteiger charge is 2.03. The Morgan fingerprint density at radius 3 is 2.44 bits per heavy atom. The van der Waals surface area contributed by atoms with Crippen molar-refractivity contribution in [3.05, 3.63) is 39.9 Å². The van der Waals surface area contributed by atoms with Crippen molar-refractivity contribution in [3.63, 3.8) is 0 Å². The highest BCUT2D eigenvalue weighted by Crippen LogP contribution is 2.25. The van der Waals surface area contributed by atoms with Crippen LogP contribution in [0.1, 0.15) is 12.0 Å². The van der Waals surface area contributed by atoms with Crippen molar-refractivity contribution in [1.82, 2.24) is 5.32 Å². The van der Waals surface area contributed by atoms with Gasteiger partial charge in [-0.1, -0.05) is 29.3 Å². The van der Waals surface area contributed by atoms with Crippen LogP contribution in [0.25, 0.3) is 6.08 Å². The molecule has 18 heavy (non-hydrogen) atoms. The molecule has 0 heterocycles. The summed E-state index contributed by atoms with van der Waals surface area (Å²) in [6, 6.07) is 5.03. The minimum absolute atomic E-state index is 0.0781. The summed E-state index contributed by atoms with van der Waals surface area (Å²) in [5.41, 5.74) is 0.550. The summed E-state index contributed by atoms with van der Waals surface area (Å²) in [4.78, 5) is 21.6. The number of carboxylic acids is 1. The number of rotatable bonds is 5. The van der Waals surface area contributed by atoms with E-state index in [2.05, 4.69) is 5.32 Å². The van der Waals surface area contributed by atoms with Crippen LogP contribution >= 0.6 is 23.2 Å². The van der Waals surface area contributed by atoms with Gasteiger partial charge in [-0.3, -0.25) is 9.59 Å². The Hall–Kier alpha value is -1.52. The molecule has 0 bridgehead atoms. The summed E-state index contributed by atoms with van der Waals surface area (Å²) >= 11 is 11.8. The number of hydrogen-bond acceptors (Lipinski definition) is 2. The molecule has 1 rings (SSSR count). The van der Waals surface area contributed by atoms with Gasteiger partial charge in [0.2, 0.25) is 5.91 Å². The fourth-order valence-electron chi connectivity index (χ4n) is 1.18. The zero-order chi connectivity index (χ0) is 13.5. The first-order chi connectivity index (χ1) is 8.50. The minimum Gasteiger partial charge on any atom is -0.481 e. The van der Waals surface area contributed by atoms with E-state index in [9.17, 15) is 9.59 Å². The first-order valence-corrected chi connectivity index (χ1v) is 5.88. The van der Waals surface area contributed by atoms with Crippen molar-refractivity contribution in [3.8, 4) is 0 Å². The molecular formula is C12H11Cl2NO3. The van der Waals surface area contributed by atoms with Gasteiger partial charge in [-0.05, 0) is 18.2 Å². The van der Waals surface area contributed by atoms with Gasteiger partial charge in [0, 0.05) is 28.2 Å². The molecule has 1 aromatic rings. The molecule has 0 spiro atoms. The monoisotopic (exact) mass is 287 g/mol. The Morgan fingerprint density at radius 2 is 1.89 bits per heavy atom. The molecule has 6 heteroatoms. The van der Waals surface area contributed by atoms with Gasteiger partial charge in [0.15, 0.2) is 0 Å². The second-order valence-corrected chi connectivity index (χ2v) is 4.22. The highest BCUT2D eigenvalue weighted by atomic mass is 35.5. The average Bonchev–Trinajstić information content (AvgIpc) is 2.27. The third-order valence-corrected chi connectivity index (χ3v) is 2.70. The van der Waals surface area contributed by atoms with Crippen molar-refractivity contribution in [2.24, 2.45) is 0 Å². The van der Waals surface area contributed by atoms with Crippen molar-refractivity contribution in [2.45, 2.75) is 6.42 Å². The summed E-state index contributed by atoms with van der Waals surface area (Å²) in [6.07, 6.45) is 2.63. The lowest BCUT2D eigenvalue weighted by atomic mass is 10.2. The van der Waals surface area contributed by atoms with Crippen LogP contribution in [0.3, 0.4) is 0 Å². The van der Waals surface area contributed by atoms with Crippen LogP contribution < -0.4 is 5.32 Å². The predicted molar refractivity (Wildman–Crippen MR) is 70.8 cm³/mol. The van der Waals surface area contributed by atoms with Crippen LogP contribution in [0.15, 0.2) is 24.3 Å². The maximum absolute atomic E-state index is 11.3. The lowest BCUT2D eigenvalue weighted by Gasteiger charge is -2.01. The van der Waals surface area contributed by atoms with Crippen LogP contribution in [-0.4, -0.2) is 23.5 Å². The molecule has 0 atom stereocenters. The second-order valence-electron chi connectivity index (χ2n) is 3.40. The SMILES string of the molecule is O=C(O)CCNC(=O)/C=C/c1c(Cl)cccc1Cl. The third kappa shape index (κ3) is 4.77. The van der Waals surface area contributed by atoms with E-state index < -0.39 is 11.9 Å². The van der Waals surface area contributed by atoms with Gasteiger partial charge in [-0.15, -0.1) is 0 Å². The van der Waals surface area contributed by atoms with Crippen LogP contribution in [-0.2, 0) is 9.59 Å². The van der Waals surface area contributed by atoms with Crippen LogP contribution in [0.5, 0.6) is 0 Å². The molecule has 0 aliphatic carbocycles. The zero-order valence-electron chi connectivity index (χ0n) is 9.32. The predicted octanol–water partition coefficient (Wildman–Crippen LogP) is 2.60. The van der Waals surface area contributed by atoms with Crippen molar-refractivity contribution < 1.29 is 14.7 Å². The van der Waals surface area contributed by atoms with Gasteiger partial charge in [-0.2, -0.15) is 0 Å². The number of halogens is 2. The Morgan fingerprint density at radius 1 is 1.28 bits per heavy atom. The Labute approximate surface area is 114 Å². The molecule has 0 unspecified atom stereocenters. The highest BCUT2D eigenvalue weighted by molar-refractivity contribution is 6.37. The molecule has 0 radical (unpaired) electrons. The number of nitrogens with one attached hydrogen (secondary N) is 1. The lowest BCUT2D eigenvalue weighted by Crippen LogP contribution is -2.23. The summed E-state index contributed by atoms with van der Waals surface area (Å²) in [6.45, 7) is 0.0781. The van der Waals surface area contributed by atoms with Crippen molar-refractivity contribution in [2.75, 3.05) is 6.54 Å². The number of carboxylic acid groups (broad SMARTS) is 1. The summed E-state index contributed by atoms with van der Waals surface area (Å²) in [7, 11) is 0. The Balaban J connectivity index is 2.58. The van der Waals surface area contributed by atoms with E-state index in [-0.39, 0.29) is 13.0 Å². The van der Waals surface area contributed by atoms with E-state index in [0.717, 1.165) is 0 Å². The molecule has 2 N–H and O–H groups in total. The largest absolute Gasteiger partial charge is 0.481 e. The number of carbonyl (C=O) groups excluding carboxylic acids is 1. The lowest BCUT2D eigenvalue weighted by molar-refractivity contribution is -0.136. The van der Waals surface area contributed by atoms with E-state index in [1.165, 1.54) is 12.2 Å². The van der Waals surface area contributed by atoms with E-state index in [4.69, 9.17) is 28.3 Å². The fourth-order valence-corrected chi connectivity index (χ4v) is 1.70. The van der Waals surface area contributed by atoms with Crippen LogP contribution in [0.2, 0.25) is 10.0 Å². The average molecular weight is 288 g/mol. The number of amides is 1. The molecule has 96 valence electrons. The van der Waals surface area contributed by atoms with Gasteiger partial charge in [0.1, 0.15) is 0 Å². The maximum atomic E-state index is 11.3. The van der Waals surface area contributed by atoms with Gasteiger partial charge in [0.25, 0.3) is 0 Å². The number of benzene rings is 1. The summed E-state index contributed by atoms with van der Waals surface area (Å²) in [5, 5.41) is 11.7. The van der Waals surface area contributed by atoms with E-state index in [0.29, 0.717) is 15.6 Å². The number of carbonyl (C=O) groups is 2. The first-order valence-electron chi connectivity index (χ1n) is 5.12. The molecule has 0 aromatic heterocycles. The summed E-state index contributed by atoms with van der Waals surface area (Å²) in [5.74, 6) is -1.36. The molecule has 1 amide bonds. The van der Waals surface area contributed by atoms with Gasteiger partial charge < -0.3 is 10.4 Å². The standard InChI is InChI=1S/C12H11Cl2NO3/c13-9-2-1-3-10(14)8(9)4-5-11(16)15-7-6-12(17)18/h1-5H,6-7H2,(H,15,16)(H,17,18)/b5-4+. The Bertz CT molecular complexity index is 466. The Kier molecular flexibility index (Phi) is 5.68. The molecule has 0 aliphatic heterocycles. The molecule has 0 saturated heterocycles. The molecule has 4 nitrogen and oxygen atoms in total. The quantitative estimate of drug-likeness (QED) is 0.818. The fraction of sp³-hybridized carbons (Fsp3) is 0.167. The van der Waals surface area contributed by atoms with Crippen molar-refractivity contribution in [1.29, 1.82) is 0 Å². The van der Waals surface area contributed by atoms with Crippen molar-refractivity contribution >= 4 is 41.2 Å².